The summed E-state index contributed by atoms with van der Waals surface area (Å²) in [6.07, 6.45) is 0.222. The lowest BCUT2D eigenvalue weighted by Crippen LogP contribution is -2.14. The van der Waals surface area contributed by atoms with Crippen molar-refractivity contribution in [2.45, 2.75) is 31.6 Å². The van der Waals surface area contributed by atoms with Crippen LogP contribution in [0.4, 0.5) is 9.52 Å². The van der Waals surface area contributed by atoms with E-state index in [0.717, 1.165) is 23.4 Å². The molecule has 3 rings (SSSR count). The SMILES string of the molecule is Cc1ccc(-c2csc(NC(=O)CCCS(=O)(=O)c3ccc(F)cc3)n2)cc1C. The quantitative estimate of drug-likeness (QED) is 0.546. The van der Waals surface area contributed by atoms with Gasteiger partial charge in [-0.25, -0.2) is 17.8 Å². The molecule has 0 saturated heterocycles. The predicted molar refractivity (Wildman–Crippen MR) is 113 cm³/mol. The number of sulfone groups is 1. The van der Waals surface area contributed by atoms with Gasteiger partial charge in [0.15, 0.2) is 15.0 Å². The summed E-state index contributed by atoms with van der Waals surface area (Å²) in [4.78, 5) is 16.6. The van der Waals surface area contributed by atoms with Gasteiger partial charge in [0.05, 0.1) is 16.3 Å². The van der Waals surface area contributed by atoms with Crippen LogP contribution in [-0.2, 0) is 14.6 Å². The van der Waals surface area contributed by atoms with Gasteiger partial charge in [0.25, 0.3) is 0 Å². The van der Waals surface area contributed by atoms with Crippen LogP contribution in [0.2, 0.25) is 0 Å². The van der Waals surface area contributed by atoms with Gasteiger partial charge in [0, 0.05) is 17.4 Å². The summed E-state index contributed by atoms with van der Waals surface area (Å²) >= 11 is 1.32. The zero-order valence-corrected chi connectivity index (χ0v) is 17.7. The van der Waals surface area contributed by atoms with Crippen molar-refractivity contribution in [2.24, 2.45) is 0 Å². The van der Waals surface area contributed by atoms with E-state index in [0.29, 0.717) is 5.13 Å². The van der Waals surface area contributed by atoms with Gasteiger partial charge in [0.1, 0.15) is 5.82 Å². The van der Waals surface area contributed by atoms with Crippen molar-refractivity contribution < 1.29 is 17.6 Å². The van der Waals surface area contributed by atoms with Crippen molar-refractivity contribution in [2.75, 3.05) is 11.1 Å². The number of aromatic nitrogens is 1. The molecule has 1 aromatic heterocycles. The minimum atomic E-state index is -3.54. The van der Waals surface area contributed by atoms with Crippen LogP contribution in [0.15, 0.2) is 52.7 Å². The zero-order valence-electron chi connectivity index (χ0n) is 16.1. The largest absolute Gasteiger partial charge is 0.302 e. The number of hydrogen-bond donors (Lipinski definition) is 1. The fourth-order valence-electron chi connectivity index (χ4n) is 2.73. The molecule has 0 unspecified atom stereocenters. The number of aryl methyl sites for hydroxylation is 2. The second-order valence-electron chi connectivity index (χ2n) is 6.76. The van der Waals surface area contributed by atoms with Crippen LogP contribution in [-0.4, -0.2) is 25.1 Å². The van der Waals surface area contributed by atoms with E-state index in [9.17, 15) is 17.6 Å². The number of nitrogens with one attached hydrogen (secondary N) is 1. The standard InChI is InChI=1S/C21H21FN2O3S2/c1-14-5-6-16(12-15(14)2)19-13-28-21(23-19)24-20(25)4-3-11-29(26,27)18-9-7-17(22)8-10-18/h5-10,12-13H,3-4,11H2,1-2H3,(H,23,24,25). The Morgan fingerprint density at radius 3 is 2.52 bits per heavy atom. The molecular weight excluding hydrogens is 411 g/mol. The van der Waals surface area contributed by atoms with Crippen molar-refractivity contribution in [1.29, 1.82) is 0 Å². The van der Waals surface area contributed by atoms with E-state index in [1.165, 1.54) is 34.6 Å². The summed E-state index contributed by atoms with van der Waals surface area (Å²) in [5.74, 6) is -0.968. The van der Waals surface area contributed by atoms with Gasteiger partial charge in [-0.15, -0.1) is 11.3 Å². The first-order chi connectivity index (χ1) is 13.7. The van der Waals surface area contributed by atoms with Gasteiger partial charge in [-0.05, 0) is 61.7 Å². The number of carbonyl (C=O) groups is 1. The number of halogens is 1. The number of nitrogens with zero attached hydrogens (tertiary/aromatic N) is 1. The van der Waals surface area contributed by atoms with E-state index in [2.05, 4.69) is 16.4 Å². The molecule has 1 N–H and O–H groups in total. The van der Waals surface area contributed by atoms with Crippen molar-refractivity contribution in [3.63, 3.8) is 0 Å². The minimum absolute atomic E-state index is 0.0530. The minimum Gasteiger partial charge on any atom is -0.302 e. The van der Waals surface area contributed by atoms with Crippen LogP contribution in [0.5, 0.6) is 0 Å². The van der Waals surface area contributed by atoms with Gasteiger partial charge in [-0.3, -0.25) is 4.79 Å². The molecule has 2 aromatic carbocycles. The molecule has 0 aliphatic heterocycles. The van der Waals surface area contributed by atoms with Crippen molar-refractivity contribution in [3.8, 4) is 11.3 Å². The second-order valence-corrected chi connectivity index (χ2v) is 9.73. The van der Waals surface area contributed by atoms with E-state index in [4.69, 9.17) is 0 Å². The molecule has 0 aliphatic carbocycles. The Kier molecular flexibility index (Phi) is 6.44. The number of anilines is 1. The predicted octanol–water partition coefficient (Wildman–Crippen LogP) is 4.76. The molecule has 5 nitrogen and oxygen atoms in total. The van der Waals surface area contributed by atoms with E-state index in [1.54, 1.807) is 0 Å². The molecule has 0 spiro atoms. The first kappa shape index (κ1) is 21.1. The summed E-state index contributed by atoms with van der Waals surface area (Å²) in [5.41, 5.74) is 4.14. The molecule has 0 bridgehead atoms. The average Bonchev–Trinajstić information content (AvgIpc) is 3.12. The van der Waals surface area contributed by atoms with E-state index in [-0.39, 0.29) is 29.4 Å². The van der Waals surface area contributed by atoms with E-state index < -0.39 is 15.7 Å². The molecule has 29 heavy (non-hydrogen) atoms. The number of thiazole rings is 1. The highest BCUT2D eigenvalue weighted by Gasteiger charge is 2.16. The second kappa shape index (κ2) is 8.84. The Bertz CT molecular complexity index is 1120. The van der Waals surface area contributed by atoms with Gasteiger partial charge in [-0.1, -0.05) is 12.1 Å². The van der Waals surface area contributed by atoms with Gasteiger partial charge >= 0.3 is 0 Å². The van der Waals surface area contributed by atoms with E-state index >= 15 is 0 Å². The third kappa shape index (κ3) is 5.48. The molecule has 0 atom stereocenters. The maximum absolute atomic E-state index is 12.9. The summed E-state index contributed by atoms with van der Waals surface area (Å²) in [6, 6.07) is 10.7. The molecule has 3 aromatic rings. The summed E-state index contributed by atoms with van der Waals surface area (Å²) in [6.45, 7) is 4.08. The normalized spacial score (nSPS) is 11.4. The number of hydrogen-bond acceptors (Lipinski definition) is 5. The summed E-state index contributed by atoms with van der Waals surface area (Å²) in [7, 11) is -3.54. The van der Waals surface area contributed by atoms with Crippen molar-refractivity contribution >= 4 is 32.2 Å². The highest BCUT2D eigenvalue weighted by Crippen LogP contribution is 2.26. The Balaban J connectivity index is 1.54. The Hall–Kier alpha value is -2.58. The third-order valence-corrected chi connectivity index (χ3v) is 7.12. The third-order valence-electron chi connectivity index (χ3n) is 4.54. The molecule has 1 amide bonds. The maximum Gasteiger partial charge on any atom is 0.226 e. The smallest absolute Gasteiger partial charge is 0.226 e. The molecule has 0 aliphatic rings. The topological polar surface area (TPSA) is 76.1 Å². The van der Waals surface area contributed by atoms with E-state index in [1.807, 2.05) is 31.4 Å². The highest BCUT2D eigenvalue weighted by molar-refractivity contribution is 7.91. The fourth-order valence-corrected chi connectivity index (χ4v) is 4.78. The molecule has 0 radical (unpaired) electrons. The monoisotopic (exact) mass is 432 g/mol. The molecule has 0 fully saturated rings. The lowest BCUT2D eigenvalue weighted by Gasteiger charge is -2.05. The lowest BCUT2D eigenvalue weighted by molar-refractivity contribution is -0.116. The van der Waals surface area contributed by atoms with Crippen LogP contribution in [0.1, 0.15) is 24.0 Å². The zero-order chi connectivity index (χ0) is 21.0. The van der Waals surface area contributed by atoms with Crippen LogP contribution < -0.4 is 5.32 Å². The average molecular weight is 433 g/mol. The number of amides is 1. The van der Waals surface area contributed by atoms with Crippen LogP contribution in [0.3, 0.4) is 0 Å². The van der Waals surface area contributed by atoms with Crippen molar-refractivity contribution in [3.05, 3.63) is 64.8 Å². The first-order valence-electron chi connectivity index (χ1n) is 9.06. The molecule has 8 heteroatoms. The van der Waals surface area contributed by atoms with Gasteiger partial charge in [0.2, 0.25) is 5.91 Å². The molecule has 0 saturated carbocycles. The highest BCUT2D eigenvalue weighted by atomic mass is 32.2. The molecule has 152 valence electrons. The number of benzene rings is 2. The van der Waals surface area contributed by atoms with Gasteiger partial charge in [-0.2, -0.15) is 0 Å². The number of rotatable bonds is 7. The lowest BCUT2D eigenvalue weighted by atomic mass is 10.1. The summed E-state index contributed by atoms with van der Waals surface area (Å²) < 4.78 is 37.4. The Morgan fingerprint density at radius 2 is 1.83 bits per heavy atom. The first-order valence-corrected chi connectivity index (χ1v) is 11.6. The molecule has 1 heterocycles. The van der Waals surface area contributed by atoms with Gasteiger partial charge < -0.3 is 5.32 Å². The summed E-state index contributed by atoms with van der Waals surface area (Å²) in [5, 5.41) is 5.07. The van der Waals surface area contributed by atoms with Crippen molar-refractivity contribution in [1.82, 2.24) is 4.98 Å². The Morgan fingerprint density at radius 1 is 1.10 bits per heavy atom. The fraction of sp³-hybridized carbons (Fsp3) is 0.238. The molecular formula is C21H21FN2O3S2. The van der Waals surface area contributed by atoms with Crippen LogP contribution in [0.25, 0.3) is 11.3 Å². The maximum atomic E-state index is 12.9. The number of carbonyl (C=O) groups excluding carboxylic acids is 1. The van der Waals surface area contributed by atoms with Crippen LogP contribution in [0, 0.1) is 19.7 Å². The Labute approximate surface area is 173 Å². The van der Waals surface area contributed by atoms with Crippen LogP contribution >= 0.6 is 11.3 Å².